The van der Waals surface area contributed by atoms with Gasteiger partial charge in [0.2, 0.25) is 0 Å². The summed E-state index contributed by atoms with van der Waals surface area (Å²) in [4.78, 5) is 13.4. The average Bonchev–Trinajstić information content (AvgIpc) is 3.36. The van der Waals surface area contributed by atoms with E-state index in [1.807, 2.05) is 18.6 Å². The van der Waals surface area contributed by atoms with Crippen molar-refractivity contribution in [3.05, 3.63) is 24.3 Å². The van der Waals surface area contributed by atoms with E-state index < -0.39 is 0 Å². The summed E-state index contributed by atoms with van der Waals surface area (Å²) in [5, 5.41) is 0. The first-order valence-electron chi connectivity index (χ1n) is 6.73. The molecule has 2 aliphatic rings. The van der Waals surface area contributed by atoms with Crippen molar-refractivity contribution in [1.82, 2.24) is 19.5 Å². The van der Waals surface area contributed by atoms with Gasteiger partial charge in [0, 0.05) is 23.7 Å². The molecule has 2 saturated carbocycles. The lowest BCUT2D eigenvalue weighted by molar-refractivity contribution is 0.742. The quantitative estimate of drug-likeness (QED) is 0.644. The van der Waals surface area contributed by atoms with E-state index in [4.69, 9.17) is 5.84 Å². The highest BCUT2D eigenvalue weighted by atomic mass is 15.3. The molecule has 2 fully saturated rings. The lowest BCUT2D eigenvalue weighted by Crippen LogP contribution is -2.11. The number of hydrazine groups is 1. The third-order valence-electron chi connectivity index (χ3n) is 3.72. The minimum Gasteiger partial charge on any atom is -0.325 e. The van der Waals surface area contributed by atoms with Crippen LogP contribution in [0.5, 0.6) is 0 Å². The van der Waals surface area contributed by atoms with Crippen LogP contribution < -0.4 is 11.3 Å². The zero-order chi connectivity index (χ0) is 12.8. The third-order valence-corrected chi connectivity index (χ3v) is 3.72. The van der Waals surface area contributed by atoms with Crippen molar-refractivity contribution in [3.8, 4) is 11.5 Å². The highest BCUT2D eigenvalue weighted by Crippen LogP contribution is 2.41. The molecule has 4 rings (SSSR count). The lowest BCUT2D eigenvalue weighted by atomic mass is 10.2. The predicted molar refractivity (Wildman–Crippen MR) is 71.3 cm³/mol. The van der Waals surface area contributed by atoms with Gasteiger partial charge in [-0.15, -0.1) is 0 Å². The van der Waals surface area contributed by atoms with E-state index in [2.05, 4.69) is 24.9 Å². The Balaban J connectivity index is 1.80. The topological polar surface area (TPSA) is 81.6 Å². The number of nitrogens with zero attached hydrogens (tertiary/aromatic N) is 4. The minimum absolute atomic E-state index is 0.569. The number of nitrogens with two attached hydrogens (primary N) is 1. The Morgan fingerprint density at radius 2 is 2.05 bits per heavy atom. The molecule has 19 heavy (non-hydrogen) atoms. The van der Waals surface area contributed by atoms with Crippen LogP contribution in [-0.2, 0) is 0 Å². The second-order valence-electron chi connectivity index (χ2n) is 5.34. The second-order valence-corrected chi connectivity index (χ2v) is 5.34. The normalized spacial score (nSPS) is 18.6. The molecule has 0 aliphatic heterocycles. The number of anilines is 1. The monoisotopic (exact) mass is 256 g/mol. The van der Waals surface area contributed by atoms with E-state index in [-0.39, 0.29) is 0 Å². The molecule has 0 aromatic carbocycles. The summed E-state index contributed by atoms with van der Waals surface area (Å²) in [6, 6.07) is 2.51. The molecule has 2 aromatic heterocycles. The van der Waals surface area contributed by atoms with Gasteiger partial charge in [-0.1, -0.05) is 0 Å². The highest BCUT2D eigenvalue weighted by Gasteiger charge is 2.29. The number of hydrogen-bond donors (Lipinski definition) is 2. The number of rotatable bonds is 4. The van der Waals surface area contributed by atoms with Crippen LogP contribution in [0, 0.1) is 0 Å². The Morgan fingerprint density at radius 1 is 1.21 bits per heavy atom. The van der Waals surface area contributed by atoms with Crippen LogP contribution in [0.1, 0.15) is 43.3 Å². The molecule has 0 spiro atoms. The molecule has 0 saturated heterocycles. The van der Waals surface area contributed by atoms with E-state index in [1.54, 1.807) is 0 Å². The van der Waals surface area contributed by atoms with Gasteiger partial charge in [0.05, 0.1) is 12.5 Å². The van der Waals surface area contributed by atoms with Gasteiger partial charge in [-0.2, -0.15) is 0 Å². The fourth-order valence-electron chi connectivity index (χ4n) is 2.36. The van der Waals surface area contributed by atoms with Crippen molar-refractivity contribution in [2.45, 2.75) is 37.6 Å². The summed E-state index contributed by atoms with van der Waals surface area (Å²) in [6.07, 6.45) is 8.56. The van der Waals surface area contributed by atoms with Gasteiger partial charge in [-0.05, 0) is 25.7 Å². The molecule has 0 bridgehead atoms. The maximum absolute atomic E-state index is 5.51. The molecule has 6 nitrogen and oxygen atoms in total. The van der Waals surface area contributed by atoms with Crippen LogP contribution in [-0.4, -0.2) is 19.5 Å². The van der Waals surface area contributed by atoms with Crippen molar-refractivity contribution in [1.29, 1.82) is 0 Å². The van der Waals surface area contributed by atoms with Crippen molar-refractivity contribution < 1.29 is 0 Å². The van der Waals surface area contributed by atoms with E-state index >= 15 is 0 Å². The summed E-state index contributed by atoms with van der Waals surface area (Å²) >= 11 is 0. The minimum atomic E-state index is 0.569. The average molecular weight is 256 g/mol. The largest absolute Gasteiger partial charge is 0.325 e. The van der Waals surface area contributed by atoms with Crippen LogP contribution in [0.2, 0.25) is 0 Å². The first-order chi connectivity index (χ1) is 9.35. The van der Waals surface area contributed by atoms with Gasteiger partial charge >= 0.3 is 0 Å². The third kappa shape index (κ3) is 1.98. The number of aromatic nitrogens is 4. The molecule has 2 aromatic rings. The zero-order valence-corrected chi connectivity index (χ0v) is 10.6. The summed E-state index contributed by atoms with van der Waals surface area (Å²) in [5.74, 6) is 7.48. The standard InChI is InChI=1S/C13H16N6/c14-18-12-5-10(8-1-2-8)16-13(17-12)11-6-15-7-19(11)9-3-4-9/h5-9H,1-4,14H2,(H,16,17,18). The van der Waals surface area contributed by atoms with Crippen LogP contribution >= 0.6 is 0 Å². The number of nitrogens with one attached hydrogen (secondary N) is 1. The van der Waals surface area contributed by atoms with E-state index in [0.29, 0.717) is 17.8 Å². The molecule has 0 unspecified atom stereocenters. The van der Waals surface area contributed by atoms with Crippen molar-refractivity contribution in [2.75, 3.05) is 5.43 Å². The fourth-order valence-corrected chi connectivity index (χ4v) is 2.36. The number of nitrogen functional groups attached to an aromatic ring is 1. The van der Waals surface area contributed by atoms with Gasteiger partial charge in [0.1, 0.15) is 11.5 Å². The molecule has 3 N–H and O–H groups in total. The molecule has 2 aliphatic carbocycles. The molecule has 98 valence electrons. The van der Waals surface area contributed by atoms with E-state index in [9.17, 15) is 0 Å². The van der Waals surface area contributed by atoms with Crippen LogP contribution in [0.15, 0.2) is 18.6 Å². The maximum Gasteiger partial charge on any atom is 0.180 e. The van der Waals surface area contributed by atoms with Gasteiger partial charge in [-0.25, -0.2) is 20.8 Å². The molecule has 0 amide bonds. The van der Waals surface area contributed by atoms with Gasteiger partial charge in [-0.3, -0.25) is 0 Å². The van der Waals surface area contributed by atoms with Crippen LogP contribution in [0.25, 0.3) is 11.5 Å². The van der Waals surface area contributed by atoms with Gasteiger partial charge in [0.25, 0.3) is 0 Å². The Bertz CT molecular complexity index is 611. The van der Waals surface area contributed by atoms with Crippen LogP contribution in [0.3, 0.4) is 0 Å². The summed E-state index contributed by atoms with van der Waals surface area (Å²) < 4.78 is 2.17. The highest BCUT2D eigenvalue weighted by molar-refractivity contribution is 5.53. The number of imidazole rings is 1. The molecule has 2 heterocycles. The smallest absolute Gasteiger partial charge is 0.180 e. The first kappa shape index (κ1) is 10.9. The van der Waals surface area contributed by atoms with Gasteiger partial charge < -0.3 is 9.99 Å². The van der Waals surface area contributed by atoms with E-state index in [1.165, 1.54) is 25.7 Å². The Morgan fingerprint density at radius 3 is 2.74 bits per heavy atom. The molecule has 0 radical (unpaired) electrons. The van der Waals surface area contributed by atoms with Crippen molar-refractivity contribution in [2.24, 2.45) is 5.84 Å². The maximum atomic E-state index is 5.51. The molecule has 6 heteroatoms. The van der Waals surface area contributed by atoms with Gasteiger partial charge in [0.15, 0.2) is 5.82 Å². The Kier molecular flexibility index (Phi) is 2.32. The molecule has 0 atom stereocenters. The van der Waals surface area contributed by atoms with Crippen LogP contribution in [0.4, 0.5) is 5.82 Å². The fraction of sp³-hybridized carbons (Fsp3) is 0.462. The Hall–Kier alpha value is -1.95. The first-order valence-corrected chi connectivity index (χ1v) is 6.73. The summed E-state index contributed by atoms with van der Waals surface area (Å²) in [6.45, 7) is 0. The SMILES string of the molecule is NNc1cc(C2CC2)nc(-c2cncn2C2CC2)n1. The van der Waals surface area contributed by atoms with E-state index in [0.717, 1.165) is 17.2 Å². The summed E-state index contributed by atoms with van der Waals surface area (Å²) in [5.41, 5.74) is 4.71. The second kappa shape index (κ2) is 4.03. The number of hydrogen-bond acceptors (Lipinski definition) is 5. The lowest BCUT2D eigenvalue weighted by Gasteiger charge is -2.09. The molecular formula is C13H16N6. The van der Waals surface area contributed by atoms with Crippen molar-refractivity contribution >= 4 is 5.82 Å². The summed E-state index contributed by atoms with van der Waals surface area (Å²) in [7, 11) is 0. The zero-order valence-electron chi connectivity index (χ0n) is 10.6. The molecular weight excluding hydrogens is 240 g/mol. The predicted octanol–water partition coefficient (Wildman–Crippen LogP) is 1.84. The Labute approximate surface area is 111 Å². The van der Waals surface area contributed by atoms with Crippen molar-refractivity contribution in [3.63, 3.8) is 0 Å².